The predicted molar refractivity (Wildman–Crippen MR) is 101 cm³/mol. The standard InChI is InChI=1S/C18H18Cl2N4O2/c19-13-3-5-14(6-4-13)24-18(26)16(20)15(11-21-24)22-7-9-23(10-8-22)17(25)12-1-2-12/h3-6,11-12H,1-2,7-10H2. The molecule has 0 N–H and O–H groups in total. The number of carbonyl (C=O) groups is 1. The lowest BCUT2D eigenvalue weighted by atomic mass is 10.2. The third-order valence-electron chi connectivity index (χ3n) is 4.83. The van der Waals surface area contributed by atoms with Crippen molar-refractivity contribution in [3.8, 4) is 5.69 Å². The molecule has 2 aromatic rings. The van der Waals surface area contributed by atoms with Crippen molar-refractivity contribution in [1.29, 1.82) is 0 Å². The summed E-state index contributed by atoms with van der Waals surface area (Å²) in [6.07, 6.45) is 3.63. The van der Waals surface area contributed by atoms with Crippen molar-refractivity contribution in [2.24, 2.45) is 5.92 Å². The van der Waals surface area contributed by atoms with Crippen LogP contribution in [0.2, 0.25) is 10.0 Å². The highest BCUT2D eigenvalue weighted by Gasteiger charge is 2.34. The lowest BCUT2D eigenvalue weighted by molar-refractivity contribution is -0.132. The van der Waals surface area contributed by atoms with Gasteiger partial charge in [-0.1, -0.05) is 23.2 Å². The van der Waals surface area contributed by atoms with E-state index < -0.39 is 0 Å². The highest BCUT2D eigenvalue weighted by molar-refractivity contribution is 6.33. The highest BCUT2D eigenvalue weighted by atomic mass is 35.5. The van der Waals surface area contributed by atoms with Crippen molar-refractivity contribution in [3.63, 3.8) is 0 Å². The van der Waals surface area contributed by atoms with E-state index in [9.17, 15) is 9.59 Å². The molecule has 2 aliphatic rings. The zero-order valence-electron chi connectivity index (χ0n) is 14.1. The number of hydrogen-bond donors (Lipinski definition) is 0. The van der Waals surface area contributed by atoms with Gasteiger partial charge < -0.3 is 9.80 Å². The molecule has 1 saturated carbocycles. The molecule has 1 amide bonds. The first kappa shape index (κ1) is 17.4. The maximum absolute atomic E-state index is 12.6. The van der Waals surface area contributed by atoms with E-state index in [1.54, 1.807) is 30.5 Å². The van der Waals surface area contributed by atoms with Gasteiger partial charge in [-0.15, -0.1) is 0 Å². The van der Waals surface area contributed by atoms with E-state index in [2.05, 4.69) is 5.10 Å². The fraction of sp³-hybridized carbons (Fsp3) is 0.389. The van der Waals surface area contributed by atoms with Gasteiger partial charge in [0.1, 0.15) is 5.02 Å². The van der Waals surface area contributed by atoms with Gasteiger partial charge in [0, 0.05) is 37.1 Å². The zero-order chi connectivity index (χ0) is 18.3. The molecule has 26 heavy (non-hydrogen) atoms. The molecule has 6 nitrogen and oxygen atoms in total. The zero-order valence-corrected chi connectivity index (χ0v) is 15.6. The van der Waals surface area contributed by atoms with E-state index in [-0.39, 0.29) is 22.4 Å². The summed E-state index contributed by atoms with van der Waals surface area (Å²) >= 11 is 12.2. The number of carbonyl (C=O) groups excluding carboxylic acids is 1. The Balaban J connectivity index is 1.53. The Bertz CT molecular complexity index is 885. The minimum Gasteiger partial charge on any atom is -0.365 e. The first-order chi connectivity index (χ1) is 12.5. The number of amides is 1. The highest BCUT2D eigenvalue weighted by Crippen LogP contribution is 2.32. The average molecular weight is 393 g/mol. The van der Waals surface area contributed by atoms with E-state index in [4.69, 9.17) is 23.2 Å². The smallest absolute Gasteiger partial charge is 0.292 e. The van der Waals surface area contributed by atoms with Gasteiger partial charge in [-0.25, -0.2) is 0 Å². The summed E-state index contributed by atoms with van der Waals surface area (Å²) in [4.78, 5) is 28.7. The molecule has 2 fully saturated rings. The molecule has 1 aromatic heterocycles. The Morgan fingerprint density at radius 2 is 1.69 bits per heavy atom. The third-order valence-corrected chi connectivity index (χ3v) is 5.44. The molecular weight excluding hydrogens is 375 g/mol. The maximum Gasteiger partial charge on any atom is 0.292 e. The number of benzene rings is 1. The van der Waals surface area contributed by atoms with Gasteiger partial charge in [0.05, 0.1) is 17.6 Å². The molecule has 136 valence electrons. The molecule has 0 radical (unpaired) electrons. The average Bonchev–Trinajstić information content (AvgIpc) is 3.50. The second-order valence-corrected chi connectivity index (χ2v) is 7.44. The number of rotatable bonds is 3. The first-order valence-electron chi connectivity index (χ1n) is 8.62. The van der Waals surface area contributed by atoms with Crippen LogP contribution in [0.5, 0.6) is 0 Å². The monoisotopic (exact) mass is 392 g/mol. The molecule has 0 spiro atoms. The molecule has 8 heteroatoms. The number of halogens is 2. The van der Waals surface area contributed by atoms with Crippen LogP contribution in [0.1, 0.15) is 12.8 Å². The van der Waals surface area contributed by atoms with Crippen LogP contribution in [0.25, 0.3) is 5.69 Å². The summed E-state index contributed by atoms with van der Waals surface area (Å²) in [5, 5.41) is 4.98. The van der Waals surface area contributed by atoms with E-state index in [1.807, 2.05) is 9.80 Å². The van der Waals surface area contributed by atoms with Crippen molar-refractivity contribution in [1.82, 2.24) is 14.7 Å². The summed E-state index contributed by atoms with van der Waals surface area (Å²) < 4.78 is 1.26. The van der Waals surface area contributed by atoms with Gasteiger partial charge in [0.2, 0.25) is 5.91 Å². The van der Waals surface area contributed by atoms with Gasteiger partial charge in [-0.05, 0) is 37.1 Å². The van der Waals surface area contributed by atoms with Crippen molar-refractivity contribution in [2.45, 2.75) is 12.8 Å². The minimum atomic E-state index is -0.372. The molecule has 0 atom stereocenters. The summed E-state index contributed by atoms with van der Waals surface area (Å²) in [5.74, 6) is 0.488. The molecule has 2 heterocycles. The van der Waals surface area contributed by atoms with Gasteiger partial charge in [-0.3, -0.25) is 9.59 Å². The largest absolute Gasteiger partial charge is 0.365 e. The molecule has 0 bridgehead atoms. The summed E-state index contributed by atoms with van der Waals surface area (Å²) in [7, 11) is 0. The Kier molecular flexibility index (Phi) is 4.63. The number of aromatic nitrogens is 2. The Labute approximate surface area is 160 Å². The number of piperazine rings is 1. The molecule has 1 aliphatic heterocycles. The van der Waals surface area contributed by atoms with Gasteiger partial charge in [-0.2, -0.15) is 9.78 Å². The lowest BCUT2D eigenvalue weighted by Crippen LogP contribution is -2.49. The third kappa shape index (κ3) is 3.31. The van der Waals surface area contributed by atoms with Crippen molar-refractivity contribution in [2.75, 3.05) is 31.1 Å². The fourth-order valence-electron chi connectivity index (χ4n) is 3.17. The normalized spacial score (nSPS) is 17.5. The summed E-state index contributed by atoms with van der Waals surface area (Å²) in [5.41, 5.74) is 0.844. The number of nitrogens with zero attached hydrogens (tertiary/aromatic N) is 4. The van der Waals surface area contributed by atoms with E-state index in [0.717, 1.165) is 12.8 Å². The Hall–Kier alpha value is -2.05. The second kappa shape index (κ2) is 6.93. The van der Waals surface area contributed by atoms with Crippen molar-refractivity contribution >= 4 is 34.8 Å². The number of anilines is 1. The van der Waals surface area contributed by atoms with Crippen molar-refractivity contribution in [3.05, 3.63) is 50.9 Å². The number of hydrogen-bond acceptors (Lipinski definition) is 4. The molecule has 1 aliphatic carbocycles. The molecule has 0 unspecified atom stereocenters. The lowest BCUT2D eigenvalue weighted by Gasteiger charge is -2.36. The van der Waals surface area contributed by atoms with Crippen molar-refractivity contribution < 1.29 is 4.79 Å². The van der Waals surface area contributed by atoms with Crippen LogP contribution < -0.4 is 10.5 Å². The molecule has 1 saturated heterocycles. The fourth-order valence-corrected chi connectivity index (χ4v) is 3.54. The minimum absolute atomic E-state index is 0.136. The first-order valence-corrected chi connectivity index (χ1v) is 9.37. The van der Waals surface area contributed by atoms with E-state index >= 15 is 0 Å². The second-order valence-electron chi connectivity index (χ2n) is 6.62. The molecular formula is C18H18Cl2N4O2. The van der Waals surface area contributed by atoms with Gasteiger partial charge in [0.15, 0.2) is 0 Å². The Morgan fingerprint density at radius 3 is 2.31 bits per heavy atom. The van der Waals surface area contributed by atoms with Crippen LogP contribution >= 0.6 is 23.2 Å². The Morgan fingerprint density at radius 1 is 1.04 bits per heavy atom. The molecule has 4 rings (SSSR count). The maximum atomic E-state index is 12.6. The van der Waals surface area contributed by atoms with Crippen LogP contribution in [0.15, 0.2) is 35.3 Å². The quantitative estimate of drug-likeness (QED) is 0.805. The van der Waals surface area contributed by atoms with Gasteiger partial charge in [0.25, 0.3) is 5.56 Å². The van der Waals surface area contributed by atoms with E-state index in [0.29, 0.717) is 42.6 Å². The SMILES string of the molecule is O=C(C1CC1)N1CCN(c2cnn(-c3ccc(Cl)cc3)c(=O)c2Cl)CC1. The molecule has 1 aromatic carbocycles. The van der Waals surface area contributed by atoms with Crippen LogP contribution in [0.3, 0.4) is 0 Å². The summed E-state index contributed by atoms with van der Waals surface area (Å²) in [6, 6.07) is 6.83. The van der Waals surface area contributed by atoms with E-state index in [1.165, 1.54) is 4.68 Å². The predicted octanol–water partition coefficient (Wildman–Crippen LogP) is 2.60. The van der Waals surface area contributed by atoms with Crippen LogP contribution in [0.4, 0.5) is 5.69 Å². The van der Waals surface area contributed by atoms with Crippen LogP contribution in [-0.2, 0) is 4.79 Å². The van der Waals surface area contributed by atoms with Crippen LogP contribution in [0, 0.1) is 5.92 Å². The summed E-state index contributed by atoms with van der Waals surface area (Å²) in [6.45, 7) is 2.58. The van der Waals surface area contributed by atoms with Crippen LogP contribution in [-0.4, -0.2) is 46.8 Å². The topological polar surface area (TPSA) is 58.4 Å². The van der Waals surface area contributed by atoms with Gasteiger partial charge >= 0.3 is 0 Å².